The average Bonchev–Trinajstić information content (AvgIpc) is 2.29. The molecule has 0 atom stereocenters. The molecule has 102 valence electrons. The topological polar surface area (TPSA) is 26.3 Å². The fourth-order valence-corrected chi connectivity index (χ4v) is 1.57. The summed E-state index contributed by atoms with van der Waals surface area (Å²) in [5.41, 5.74) is 4.10. The Morgan fingerprint density at radius 2 is 1.44 bits per heavy atom. The van der Waals surface area contributed by atoms with Crippen molar-refractivity contribution in [2.75, 3.05) is 6.61 Å². The van der Waals surface area contributed by atoms with Gasteiger partial charge in [0.25, 0.3) is 6.47 Å². The summed E-state index contributed by atoms with van der Waals surface area (Å²) in [5.74, 6) is 0. The Labute approximate surface area is 111 Å². The SMILES string of the molecule is CC(C)=CCCC(C)=CCCC(C)=CCOC=O. The molecule has 2 nitrogen and oxygen atoms in total. The Morgan fingerprint density at radius 3 is 2.00 bits per heavy atom. The molecule has 0 spiro atoms. The van der Waals surface area contributed by atoms with Gasteiger partial charge >= 0.3 is 0 Å². The van der Waals surface area contributed by atoms with E-state index in [9.17, 15) is 4.79 Å². The van der Waals surface area contributed by atoms with E-state index in [0.717, 1.165) is 25.7 Å². The van der Waals surface area contributed by atoms with E-state index < -0.39 is 0 Å². The molecule has 0 amide bonds. The minimum absolute atomic E-state index is 0.388. The molecule has 0 heterocycles. The van der Waals surface area contributed by atoms with Gasteiger partial charge in [0.15, 0.2) is 0 Å². The number of hydrogen-bond acceptors (Lipinski definition) is 2. The average molecular weight is 250 g/mol. The van der Waals surface area contributed by atoms with Crippen LogP contribution in [0.1, 0.15) is 53.4 Å². The maximum absolute atomic E-state index is 9.97. The summed E-state index contributed by atoms with van der Waals surface area (Å²) in [6.45, 7) is 9.40. The van der Waals surface area contributed by atoms with Crippen molar-refractivity contribution in [2.24, 2.45) is 0 Å². The van der Waals surface area contributed by atoms with Crippen LogP contribution in [0.15, 0.2) is 34.9 Å². The Balaban J connectivity index is 3.82. The first-order valence-electron chi connectivity index (χ1n) is 6.56. The Hall–Kier alpha value is -1.31. The Bertz CT molecular complexity index is 318. The van der Waals surface area contributed by atoms with Gasteiger partial charge in [-0.15, -0.1) is 0 Å². The van der Waals surface area contributed by atoms with Crippen molar-refractivity contribution in [3.8, 4) is 0 Å². The molecule has 0 unspecified atom stereocenters. The van der Waals surface area contributed by atoms with Gasteiger partial charge in [0.1, 0.15) is 6.61 Å². The van der Waals surface area contributed by atoms with Crippen molar-refractivity contribution in [3.63, 3.8) is 0 Å². The molecule has 2 heteroatoms. The fraction of sp³-hybridized carbons (Fsp3) is 0.562. The van der Waals surface area contributed by atoms with E-state index in [1.807, 2.05) is 6.08 Å². The number of ether oxygens (including phenoxy) is 1. The third-order valence-electron chi connectivity index (χ3n) is 2.72. The van der Waals surface area contributed by atoms with Gasteiger partial charge in [0, 0.05) is 0 Å². The molecule has 0 radical (unpaired) electrons. The lowest BCUT2D eigenvalue weighted by Crippen LogP contribution is -1.88. The van der Waals surface area contributed by atoms with Crippen LogP contribution in [-0.2, 0) is 9.53 Å². The molecule has 0 rings (SSSR count). The first-order chi connectivity index (χ1) is 8.56. The third-order valence-corrected chi connectivity index (χ3v) is 2.72. The smallest absolute Gasteiger partial charge is 0.293 e. The first kappa shape index (κ1) is 16.7. The molecule has 0 fully saturated rings. The van der Waals surface area contributed by atoms with E-state index in [2.05, 4.69) is 44.6 Å². The van der Waals surface area contributed by atoms with Crippen molar-refractivity contribution < 1.29 is 9.53 Å². The van der Waals surface area contributed by atoms with Crippen LogP contribution >= 0.6 is 0 Å². The molecule has 0 aromatic carbocycles. The molecular weight excluding hydrogens is 224 g/mol. The number of hydrogen-bond donors (Lipinski definition) is 0. The summed E-state index contributed by atoms with van der Waals surface area (Å²) >= 11 is 0. The molecule has 0 aromatic heterocycles. The summed E-state index contributed by atoms with van der Waals surface area (Å²) < 4.78 is 4.63. The van der Waals surface area contributed by atoms with Crippen LogP contribution in [-0.4, -0.2) is 13.1 Å². The van der Waals surface area contributed by atoms with Crippen LogP contribution in [0.3, 0.4) is 0 Å². The summed E-state index contributed by atoms with van der Waals surface area (Å²) in [5, 5.41) is 0. The molecule has 0 aliphatic carbocycles. The molecule has 0 saturated heterocycles. The normalized spacial score (nSPS) is 12.2. The van der Waals surface area contributed by atoms with Crippen molar-refractivity contribution in [2.45, 2.75) is 53.4 Å². The highest BCUT2D eigenvalue weighted by Gasteiger charge is 1.92. The van der Waals surface area contributed by atoms with Gasteiger partial charge in [-0.25, -0.2) is 0 Å². The summed E-state index contributed by atoms with van der Waals surface area (Å²) in [4.78, 5) is 9.97. The zero-order valence-corrected chi connectivity index (χ0v) is 12.2. The molecular formula is C16H26O2. The molecule has 0 N–H and O–H groups in total. The van der Waals surface area contributed by atoms with E-state index in [4.69, 9.17) is 0 Å². The van der Waals surface area contributed by atoms with Crippen molar-refractivity contribution in [1.29, 1.82) is 0 Å². The predicted molar refractivity (Wildman–Crippen MR) is 77.4 cm³/mol. The summed E-state index contributed by atoms with van der Waals surface area (Å²) in [6.07, 6.45) is 10.9. The lowest BCUT2D eigenvalue weighted by Gasteiger charge is -2.01. The van der Waals surface area contributed by atoms with Crippen LogP contribution in [0, 0.1) is 0 Å². The highest BCUT2D eigenvalue weighted by atomic mass is 16.5. The van der Waals surface area contributed by atoms with E-state index in [-0.39, 0.29) is 0 Å². The monoisotopic (exact) mass is 250 g/mol. The fourth-order valence-electron chi connectivity index (χ4n) is 1.57. The van der Waals surface area contributed by atoms with Crippen molar-refractivity contribution in [3.05, 3.63) is 34.9 Å². The first-order valence-corrected chi connectivity index (χ1v) is 6.56. The third kappa shape index (κ3) is 11.2. The van der Waals surface area contributed by atoms with Crippen LogP contribution in [0.2, 0.25) is 0 Å². The highest BCUT2D eigenvalue weighted by molar-refractivity contribution is 5.37. The van der Waals surface area contributed by atoms with Crippen LogP contribution in [0.5, 0.6) is 0 Å². The molecule has 0 aliphatic rings. The second-order valence-electron chi connectivity index (χ2n) is 4.89. The second kappa shape index (κ2) is 10.8. The largest absolute Gasteiger partial charge is 0.464 e. The van der Waals surface area contributed by atoms with Gasteiger partial charge in [-0.3, -0.25) is 4.79 Å². The van der Waals surface area contributed by atoms with E-state index in [0.29, 0.717) is 13.1 Å². The van der Waals surface area contributed by atoms with Crippen LogP contribution < -0.4 is 0 Å². The minimum atomic E-state index is 0.388. The summed E-state index contributed by atoms with van der Waals surface area (Å²) in [7, 11) is 0. The van der Waals surface area contributed by atoms with Gasteiger partial charge in [-0.05, 0) is 59.5 Å². The zero-order chi connectivity index (χ0) is 13.8. The van der Waals surface area contributed by atoms with Crippen LogP contribution in [0.25, 0.3) is 0 Å². The van der Waals surface area contributed by atoms with Gasteiger partial charge < -0.3 is 4.74 Å². The van der Waals surface area contributed by atoms with Gasteiger partial charge in [-0.2, -0.15) is 0 Å². The lowest BCUT2D eigenvalue weighted by molar-refractivity contribution is -0.127. The number of carbonyl (C=O) groups excluding carboxylic acids is 1. The van der Waals surface area contributed by atoms with Gasteiger partial charge in [0.2, 0.25) is 0 Å². The maximum Gasteiger partial charge on any atom is 0.293 e. The second-order valence-corrected chi connectivity index (χ2v) is 4.89. The summed E-state index contributed by atoms with van der Waals surface area (Å²) in [6, 6.07) is 0. The van der Waals surface area contributed by atoms with E-state index in [1.165, 1.54) is 16.7 Å². The lowest BCUT2D eigenvalue weighted by atomic mass is 10.1. The van der Waals surface area contributed by atoms with Gasteiger partial charge in [0.05, 0.1) is 0 Å². The molecule has 0 aliphatic heterocycles. The quantitative estimate of drug-likeness (QED) is 0.340. The molecule has 0 bridgehead atoms. The van der Waals surface area contributed by atoms with Gasteiger partial charge in [-0.1, -0.05) is 28.9 Å². The van der Waals surface area contributed by atoms with Crippen LogP contribution in [0.4, 0.5) is 0 Å². The van der Waals surface area contributed by atoms with Crippen molar-refractivity contribution in [1.82, 2.24) is 0 Å². The predicted octanol–water partition coefficient (Wildman–Crippen LogP) is 4.58. The maximum atomic E-state index is 9.97. The Kier molecular flexibility index (Phi) is 10.0. The minimum Gasteiger partial charge on any atom is -0.464 e. The number of rotatable bonds is 9. The number of allylic oxidation sites excluding steroid dienone is 5. The standard InChI is InChI=1S/C16H26O2/c1-14(2)7-5-8-15(3)9-6-10-16(4)11-12-18-13-17/h7,9,11,13H,5-6,8,10,12H2,1-4H3. The Morgan fingerprint density at radius 1 is 0.889 bits per heavy atom. The molecule has 0 aromatic rings. The van der Waals surface area contributed by atoms with E-state index in [1.54, 1.807) is 0 Å². The van der Waals surface area contributed by atoms with Crippen molar-refractivity contribution >= 4 is 6.47 Å². The molecule has 0 saturated carbocycles. The number of carbonyl (C=O) groups is 1. The highest BCUT2D eigenvalue weighted by Crippen LogP contribution is 2.11. The zero-order valence-electron chi connectivity index (χ0n) is 12.2. The molecule has 18 heavy (non-hydrogen) atoms. The van der Waals surface area contributed by atoms with E-state index >= 15 is 0 Å².